The van der Waals surface area contributed by atoms with E-state index in [9.17, 15) is 14.0 Å². The fraction of sp³-hybridized carbons (Fsp3) is 0.238. The zero-order chi connectivity index (χ0) is 19.1. The van der Waals surface area contributed by atoms with Gasteiger partial charge in [-0.2, -0.15) is 0 Å². The molecule has 0 aliphatic carbocycles. The Balaban J connectivity index is 2.12. The van der Waals surface area contributed by atoms with Gasteiger partial charge >= 0.3 is 0 Å². The Morgan fingerprint density at radius 1 is 1.08 bits per heavy atom. The summed E-state index contributed by atoms with van der Waals surface area (Å²) in [6, 6.07) is 12.8. The largest absolute Gasteiger partial charge is 0.352 e. The zero-order valence-electron chi connectivity index (χ0n) is 15.2. The SMILES string of the molecule is C/C(=C/C(=O)Nc1ccccc1C(=O)NCC(C)C)c1ccc(F)cc1. The second kappa shape index (κ2) is 8.94. The second-order valence-corrected chi connectivity index (χ2v) is 6.47. The molecule has 0 aliphatic rings. The molecule has 0 heterocycles. The molecule has 5 heteroatoms. The van der Waals surface area contributed by atoms with E-state index in [0.29, 0.717) is 29.3 Å². The number of benzene rings is 2. The average Bonchev–Trinajstić information content (AvgIpc) is 2.60. The van der Waals surface area contributed by atoms with Crippen molar-refractivity contribution in [1.29, 1.82) is 0 Å². The van der Waals surface area contributed by atoms with Crippen LogP contribution >= 0.6 is 0 Å². The van der Waals surface area contributed by atoms with E-state index in [0.717, 1.165) is 5.56 Å². The van der Waals surface area contributed by atoms with Crippen LogP contribution in [-0.2, 0) is 4.79 Å². The Morgan fingerprint density at radius 3 is 2.38 bits per heavy atom. The molecule has 136 valence electrons. The van der Waals surface area contributed by atoms with Crippen molar-refractivity contribution in [3.63, 3.8) is 0 Å². The highest BCUT2D eigenvalue weighted by molar-refractivity contribution is 6.08. The predicted octanol–water partition coefficient (Wildman–Crippen LogP) is 4.25. The van der Waals surface area contributed by atoms with Crippen LogP contribution in [0, 0.1) is 11.7 Å². The Labute approximate surface area is 153 Å². The summed E-state index contributed by atoms with van der Waals surface area (Å²) in [4.78, 5) is 24.6. The lowest BCUT2D eigenvalue weighted by Crippen LogP contribution is -2.28. The number of nitrogens with one attached hydrogen (secondary N) is 2. The molecule has 2 amide bonds. The first kappa shape index (κ1) is 19.4. The first-order valence-corrected chi connectivity index (χ1v) is 8.49. The molecule has 0 unspecified atom stereocenters. The highest BCUT2D eigenvalue weighted by Gasteiger charge is 2.12. The quantitative estimate of drug-likeness (QED) is 0.762. The molecule has 26 heavy (non-hydrogen) atoms. The van der Waals surface area contributed by atoms with Crippen LogP contribution in [-0.4, -0.2) is 18.4 Å². The molecule has 2 aromatic carbocycles. The topological polar surface area (TPSA) is 58.2 Å². The summed E-state index contributed by atoms with van der Waals surface area (Å²) in [6.45, 7) is 6.35. The van der Waals surface area contributed by atoms with E-state index in [2.05, 4.69) is 10.6 Å². The van der Waals surface area contributed by atoms with Gasteiger partial charge in [-0.25, -0.2) is 4.39 Å². The maximum atomic E-state index is 13.0. The highest BCUT2D eigenvalue weighted by Crippen LogP contribution is 2.17. The third-order valence-corrected chi connectivity index (χ3v) is 3.75. The molecule has 0 aliphatic heterocycles. The number of hydrogen-bond donors (Lipinski definition) is 2. The fourth-order valence-electron chi connectivity index (χ4n) is 2.34. The van der Waals surface area contributed by atoms with E-state index in [1.165, 1.54) is 18.2 Å². The van der Waals surface area contributed by atoms with Crippen LogP contribution in [0.4, 0.5) is 10.1 Å². The molecule has 0 spiro atoms. The Morgan fingerprint density at radius 2 is 1.73 bits per heavy atom. The number of carbonyl (C=O) groups is 2. The summed E-state index contributed by atoms with van der Waals surface area (Å²) in [6.07, 6.45) is 1.43. The molecule has 0 aromatic heterocycles. The Bertz CT molecular complexity index is 811. The predicted molar refractivity (Wildman–Crippen MR) is 102 cm³/mol. The van der Waals surface area contributed by atoms with Crippen LogP contribution in [0.5, 0.6) is 0 Å². The number of amides is 2. The van der Waals surface area contributed by atoms with Gasteiger partial charge in [0, 0.05) is 12.6 Å². The van der Waals surface area contributed by atoms with Gasteiger partial charge in [-0.05, 0) is 48.2 Å². The van der Waals surface area contributed by atoms with Gasteiger partial charge in [-0.1, -0.05) is 38.1 Å². The molecule has 0 saturated carbocycles. The molecule has 4 nitrogen and oxygen atoms in total. The van der Waals surface area contributed by atoms with Gasteiger partial charge in [0.05, 0.1) is 11.3 Å². The van der Waals surface area contributed by atoms with Crippen LogP contribution in [0.2, 0.25) is 0 Å². The first-order chi connectivity index (χ1) is 12.4. The van der Waals surface area contributed by atoms with Crippen molar-refractivity contribution in [3.8, 4) is 0 Å². The van der Waals surface area contributed by atoms with Crippen molar-refractivity contribution in [1.82, 2.24) is 5.32 Å². The molecule has 2 rings (SSSR count). The molecule has 0 bridgehead atoms. The summed E-state index contributed by atoms with van der Waals surface area (Å²) in [5.41, 5.74) is 2.31. The fourth-order valence-corrected chi connectivity index (χ4v) is 2.34. The normalized spacial score (nSPS) is 11.3. The van der Waals surface area contributed by atoms with Crippen LogP contribution in [0.25, 0.3) is 5.57 Å². The van der Waals surface area contributed by atoms with E-state index < -0.39 is 0 Å². The van der Waals surface area contributed by atoms with Crippen molar-refractivity contribution < 1.29 is 14.0 Å². The summed E-state index contributed by atoms with van der Waals surface area (Å²) in [5.74, 6) is -0.570. The van der Waals surface area contributed by atoms with Crippen LogP contribution in [0.3, 0.4) is 0 Å². The minimum Gasteiger partial charge on any atom is -0.352 e. The lowest BCUT2D eigenvalue weighted by molar-refractivity contribution is -0.111. The van der Waals surface area contributed by atoms with Gasteiger partial charge in [0.1, 0.15) is 5.82 Å². The Kier molecular flexibility index (Phi) is 6.67. The van der Waals surface area contributed by atoms with Crippen LogP contribution in [0.1, 0.15) is 36.7 Å². The summed E-state index contributed by atoms with van der Waals surface area (Å²) < 4.78 is 13.0. The lowest BCUT2D eigenvalue weighted by atomic mass is 10.1. The van der Waals surface area contributed by atoms with Crippen molar-refractivity contribution in [2.45, 2.75) is 20.8 Å². The van der Waals surface area contributed by atoms with Gasteiger partial charge in [-0.15, -0.1) is 0 Å². The molecule has 0 radical (unpaired) electrons. The number of hydrogen-bond acceptors (Lipinski definition) is 2. The third kappa shape index (κ3) is 5.55. The minimum atomic E-state index is -0.351. The first-order valence-electron chi connectivity index (χ1n) is 8.49. The van der Waals surface area contributed by atoms with E-state index in [1.54, 1.807) is 43.3 Å². The summed E-state index contributed by atoms with van der Waals surface area (Å²) in [5, 5.41) is 5.58. The number of allylic oxidation sites excluding steroid dienone is 1. The van der Waals surface area contributed by atoms with E-state index in [1.807, 2.05) is 13.8 Å². The van der Waals surface area contributed by atoms with Crippen molar-refractivity contribution in [2.24, 2.45) is 5.92 Å². The monoisotopic (exact) mass is 354 g/mol. The minimum absolute atomic E-state index is 0.228. The van der Waals surface area contributed by atoms with Gasteiger partial charge in [0.25, 0.3) is 5.91 Å². The van der Waals surface area contributed by atoms with Gasteiger partial charge in [-0.3, -0.25) is 9.59 Å². The van der Waals surface area contributed by atoms with Crippen LogP contribution < -0.4 is 10.6 Å². The Hall–Kier alpha value is -2.95. The summed E-state index contributed by atoms with van der Waals surface area (Å²) >= 11 is 0. The van der Waals surface area contributed by atoms with E-state index in [4.69, 9.17) is 0 Å². The van der Waals surface area contributed by atoms with Crippen LogP contribution in [0.15, 0.2) is 54.6 Å². The van der Waals surface area contributed by atoms with Crippen molar-refractivity contribution >= 4 is 23.1 Å². The van der Waals surface area contributed by atoms with Gasteiger partial charge in [0.15, 0.2) is 0 Å². The number of halogens is 1. The standard InChI is InChI=1S/C21H23FN2O2/c1-14(2)13-23-21(26)18-6-4-5-7-19(18)24-20(25)12-15(3)16-8-10-17(22)11-9-16/h4-12,14H,13H2,1-3H3,(H,23,26)(H,24,25)/b15-12-. The lowest BCUT2D eigenvalue weighted by Gasteiger charge is -2.12. The second-order valence-electron chi connectivity index (χ2n) is 6.47. The third-order valence-electron chi connectivity index (χ3n) is 3.75. The molecule has 2 aromatic rings. The van der Waals surface area contributed by atoms with E-state index in [-0.39, 0.29) is 17.6 Å². The smallest absolute Gasteiger partial charge is 0.253 e. The molecule has 0 fully saturated rings. The maximum absolute atomic E-state index is 13.0. The highest BCUT2D eigenvalue weighted by atomic mass is 19.1. The zero-order valence-corrected chi connectivity index (χ0v) is 15.2. The number of anilines is 1. The van der Waals surface area contributed by atoms with Crippen molar-refractivity contribution in [3.05, 3.63) is 71.6 Å². The molecule has 0 atom stereocenters. The number of carbonyl (C=O) groups excluding carboxylic acids is 2. The number of para-hydroxylation sites is 1. The molecular weight excluding hydrogens is 331 g/mol. The average molecular weight is 354 g/mol. The molecular formula is C21H23FN2O2. The van der Waals surface area contributed by atoms with Crippen molar-refractivity contribution in [2.75, 3.05) is 11.9 Å². The van der Waals surface area contributed by atoms with Gasteiger partial charge < -0.3 is 10.6 Å². The summed E-state index contributed by atoms with van der Waals surface area (Å²) in [7, 11) is 0. The maximum Gasteiger partial charge on any atom is 0.253 e. The number of rotatable bonds is 6. The van der Waals surface area contributed by atoms with Gasteiger partial charge in [0.2, 0.25) is 5.91 Å². The molecule has 0 saturated heterocycles. The van der Waals surface area contributed by atoms with E-state index >= 15 is 0 Å². The molecule has 2 N–H and O–H groups in total.